The van der Waals surface area contributed by atoms with Crippen LogP contribution in [0, 0.1) is 5.41 Å². The van der Waals surface area contributed by atoms with E-state index in [1.807, 2.05) is 6.20 Å². The lowest BCUT2D eigenvalue weighted by atomic mass is 9.89. The van der Waals surface area contributed by atoms with Gasteiger partial charge >= 0.3 is 0 Å². The second kappa shape index (κ2) is 6.10. The summed E-state index contributed by atoms with van der Waals surface area (Å²) in [6, 6.07) is 0. The first-order chi connectivity index (χ1) is 9.67. The molecule has 2 heterocycles. The van der Waals surface area contributed by atoms with E-state index in [-0.39, 0.29) is 11.5 Å². The van der Waals surface area contributed by atoms with Gasteiger partial charge in [-0.1, -0.05) is 20.8 Å². The van der Waals surface area contributed by atoms with Crippen LogP contribution in [-0.2, 0) is 9.16 Å². The van der Waals surface area contributed by atoms with E-state index in [9.17, 15) is 0 Å². The summed E-state index contributed by atoms with van der Waals surface area (Å²) in [6.07, 6.45) is 1.70. The number of anilines is 1. The molecule has 0 saturated carbocycles. The Morgan fingerprint density at radius 3 is 2.38 bits per heavy atom. The lowest BCUT2D eigenvalue weighted by molar-refractivity contribution is 0.0551. The highest BCUT2D eigenvalue weighted by molar-refractivity contribution is 6.69. The average Bonchev–Trinajstić information content (AvgIpc) is 2.84. The first kappa shape index (κ1) is 16.5. The van der Waals surface area contributed by atoms with E-state index in [0.717, 1.165) is 32.2 Å². The number of ether oxygens (including phenoxy) is 1. The van der Waals surface area contributed by atoms with E-state index in [2.05, 4.69) is 50.3 Å². The smallest absolute Gasteiger partial charge is 0.225 e. The molecular weight excluding hydrogens is 284 g/mol. The van der Waals surface area contributed by atoms with Crippen molar-refractivity contribution < 1.29 is 13.6 Å². The Kier molecular flexibility index (Phi) is 4.80. The Morgan fingerprint density at radius 1 is 1.24 bits per heavy atom. The molecule has 21 heavy (non-hydrogen) atoms. The number of aromatic nitrogens is 1. The van der Waals surface area contributed by atoms with Crippen LogP contribution < -0.4 is 4.90 Å². The van der Waals surface area contributed by atoms with Gasteiger partial charge < -0.3 is 18.5 Å². The lowest BCUT2D eigenvalue weighted by Crippen LogP contribution is -2.36. The van der Waals surface area contributed by atoms with Gasteiger partial charge in [-0.3, -0.25) is 0 Å². The topological polar surface area (TPSA) is 47.7 Å². The Balaban J connectivity index is 2.19. The molecule has 0 N–H and O–H groups in total. The molecule has 1 aromatic rings. The minimum atomic E-state index is -1.68. The van der Waals surface area contributed by atoms with E-state index >= 15 is 0 Å². The Labute approximate surface area is 128 Å². The monoisotopic (exact) mass is 312 g/mol. The molecule has 0 aliphatic carbocycles. The summed E-state index contributed by atoms with van der Waals surface area (Å²) in [7, 11) is -1.68. The quantitative estimate of drug-likeness (QED) is 0.797. The van der Waals surface area contributed by atoms with E-state index in [1.54, 1.807) is 0 Å². The molecule has 1 atom stereocenters. The number of rotatable bonds is 4. The molecular formula is C15H28N2O3Si. The predicted octanol–water partition coefficient (Wildman–Crippen LogP) is 3.45. The molecule has 2 rings (SSSR count). The summed E-state index contributed by atoms with van der Waals surface area (Å²) in [5.41, 5.74) is -0.0482. The SMILES string of the molecule is CC(C)(C)C(O[Si](C)(C)C)c1ncc(N2CCOCC2)o1. The van der Waals surface area contributed by atoms with Crippen molar-refractivity contribution in [3.8, 4) is 0 Å². The van der Waals surface area contributed by atoms with Crippen molar-refractivity contribution in [1.29, 1.82) is 0 Å². The third kappa shape index (κ3) is 4.56. The van der Waals surface area contributed by atoms with Crippen molar-refractivity contribution in [2.24, 2.45) is 5.41 Å². The summed E-state index contributed by atoms with van der Waals surface area (Å²) in [5.74, 6) is 1.51. The Bertz CT molecular complexity index is 456. The molecule has 1 unspecified atom stereocenters. The lowest BCUT2D eigenvalue weighted by Gasteiger charge is -2.33. The van der Waals surface area contributed by atoms with Gasteiger partial charge in [-0.15, -0.1) is 0 Å². The summed E-state index contributed by atoms with van der Waals surface area (Å²) in [5, 5.41) is 0. The van der Waals surface area contributed by atoms with Crippen LogP contribution in [0.4, 0.5) is 5.88 Å². The highest BCUT2D eigenvalue weighted by Crippen LogP contribution is 2.38. The van der Waals surface area contributed by atoms with Gasteiger partial charge in [-0.25, -0.2) is 4.98 Å². The van der Waals surface area contributed by atoms with Crippen molar-refractivity contribution >= 4 is 14.2 Å². The van der Waals surface area contributed by atoms with Crippen LogP contribution >= 0.6 is 0 Å². The molecule has 1 aliphatic heterocycles. The van der Waals surface area contributed by atoms with Gasteiger partial charge in [-0.05, 0) is 25.1 Å². The first-order valence-electron chi connectivity index (χ1n) is 7.63. The number of hydrogen-bond acceptors (Lipinski definition) is 5. The maximum atomic E-state index is 6.33. The van der Waals surface area contributed by atoms with Gasteiger partial charge in [0.05, 0.1) is 19.4 Å². The van der Waals surface area contributed by atoms with Crippen LogP contribution in [0.25, 0.3) is 0 Å². The standard InChI is InChI=1S/C15H28N2O3Si/c1-15(2,3)13(20-21(4,5)6)14-16-11-12(19-14)17-7-9-18-10-8-17/h11,13H,7-10H2,1-6H3. The third-order valence-corrected chi connectivity index (χ3v) is 4.26. The van der Waals surface area contributed by atoms with Crippen molar-refractivity contribution in [1.82, 2.24) is 4.98 Å². The molecule has 5 nitrogen and oxygen atoms in total. The number of nitrogens with zero attached hydrogens (tertiary/aromatic N) is 2. The average molecular weight is 312 g/mol. The van der Waals surface area contributed by atoms with Crippen molar-refractivity contribution in [2.75, 3.05) is 31.2 Å². The van der Waals surface area contributed by atoms with Crippen LogP contribution in [-0.4, -0.2) is 39.6 Å². The normalized spacial score (nSPS) is 18.9. The minimum absolute atomic E-state index is 0.0482. The van der Waals surface area contributed by atoms with Crippen LogP contribution in [0.5, 0.6) is 0 Å². The Morgan fingerprint density at radius 2 is 1.86 bits per heavy atom. The van der Waals surface area contributed by atoms with Crippen molar-refractivity contribution in [3.05, 3.63) is 12.1 Å². The molecule has 0 radical (unpaired) electrons. The number of morpholine rings is 1. The molecule has 1 aliphatic rings. The van der Waals surface area contributed by atoms with Gasteiger partial charge in [-0.2, -0.15) is 0 Å². The van der Waals surface area contributed by atoms with Gasteiger partial charge in [0.25, 0.3) is 0 Å². The van der Waals surface area contributed by atoms with Gasteiger partial charge in [0.2, 0.25) is 11.8 Å². The maximum Gasteiger partial charge on any atom is 0.225 e. The fourth-order valence-corrected chi connectivity index (χ4v) is 3.44. The highest BCUT2D eigenvalue weighted by atomic mass is 28.4. The van der Waals surface area contributed by atoms with E-state index in [4.69, 9.17) is 13.6 Å². The predicted molar refractivity (Wildman–Crippen MR) is 86.2 cm³/mol. The van der Waals surface area contributed by atoms with E-state index in [1.165, 1.54) is 0 Å². The molecule has 0 amide bonds. The zero-order chi connectivity index (χ0) is 15.7. The van der Waals surface area contributed by atoms with E-state index < -0.39 is 8.32 Å². The van der Waals surface area contributed by atoms with Gasteiger partial charge in [0.15, 0.2) is 8.32 Å². The molecule has 1 fully saturated rings. The molecule has 0 bridgehead atoms. The minimum Gasteiger partial charge on any atom is -0.422 e. The molecule has 6 heteroatoms. The molecule has 120 valence electrons. The van der Waals surface area contributed by atoms with Crippen LogP contribution in [0.3, 0.4) is 0 Å². The van der Waals surface area contributed by atoms with Crippen molar-refractivity contribution in [2.45, 2.75) is 46.5 Å². The molecule has 1 saturated heterocycles. The van der Waals surface area contributed by atoms with Crippen molar-refractivity contribution in [3.63, 3.8) is 0 Å². The highest BCUT2D eigenvalue weighted by Gasteiger charge is 2.35. The van der Waals surface area contributed by atoms with Gasteiger partial charge in [0, 0.05) is 13.1 Å². The summed E-state index contributed by atoms with van der Waals surface area (Å²) < 4.78 is 17.7. The molecule has 0 spiro atoms. The fourth-order valence-electron chi connectivity index (χ4n) is 2.28. The second-order valence-electron chi connectivity index (χ2n) is 7.61. The fraction of sp³-hybridized carbons (Fsp3) is 0.800. The zero-order valence-corrected chi connectivity index (χ0v) is 15.1. The Hall–Kier alpha value is -0.853. The summed E-state index contributed by atoms with van der Waals surface area (Å²) >= 11 is 0. The maximum absolute atomic E-state index is 6.33. The van der Waals surface area contributed by atoms with Gasteiger partial charge in [0.1, 0.15) is 6.10 Å². The largest absolute Gasteiger partial charge is 0.422 e. The second-order valence-corrected chi connectivity index (χ2v) is 12.1. The zero-order valence-electron chi connectivity index (χ0n) is 14.1. The number of oxazole rings is 1. The van der Waals surface area contributed by atoms with Crippen LogP contribution in [0.15, 0.2) is 10.6 Å². The summed E-state index contributed by atoms with van der Waals surface area (Å²) in [4.78, 5) is 6.67. The van der Waals surface area contributed by atoms with Crippen LogP contribution in [0.2, 0.25) is 19.6 Å². The molecule has 0 aromatic carbocycles. The first-order valence-corrected chi connectivity index (χ1v) is 11.0. The molecule has 1 aromatic heterocycles. The summed E-state index contributed by atoms with van der Waals surface area (Å²) in [6.45, 7) is 16.2. The third-order valence-electron chi connectivity index (χ3n) is 3.32. The number of hydrogen-bond donors (Lipinski definition) is 0. The van der Waals surface area contributed by atoms with E-state index in [0.29, 0.717) is 5.89 Å². The van der Waals surface area contributed by atoms with Crippen LogP contribution in [0.1, 0.15) is 32.8 Å².